The standard InChI is InChI=1S/C16H15N/c1-2-11-17-15-10-9-13-6-3-5-12-7-4-8-14(15)16(12)13/h2-10,15,17H,1,11H2. The third-order valence-corrected chi connectivity index (χ3v) is 3.25. The van der Waals surface area contributed by atoms with Crippen LogP contribution in [0.4, 0.5) is 0 Å². The van der Waals surface area contributed by atoms with Crippen molar-refractivity contribution in [1.29, 1.82) is 0 Å². The Bertz CT molecular complexity index is 590. The lowest BCUT2D eigenvalue weighted by molar-refractivity contribution is 0.677. The van der Waals surface area contributed by atoms with Crippen LogP contribution in [0.1, 0.15) is 17.2 Å². The Balaban J connectivity index is 2.16. The van der Waals surface area contributed by atoms with Gasteiger partial charge in [0.05, 0.1) is 6.04 Å². The Morgan fingerprint density at radius 1 is 1.18 bits per heavy atom. The minimum atomic E-state index is 0.298. The fraction of sp³-hybridized carbons (Fsp3) is 0.125. The normalized spacial score (nSPS) is 17.3. The second-order valence-corrected chi connectivity index (χ2v) is 4.33. The first-order valence-corrected chi connectivity index (χ1v) is 5.94. The molecule has 17 heavy (non-hydrogen) atoms. The minimum absolute atomic E-state index is 0.298. The first kappa shape index (κ1) is 10.3. The van der Waals surface area contributed by atoms with Gasteiger partial charge >= 0.3 is 0 Å². The van der Waals surface area contributed by atoms with Crippen molar-refractivity contribution in [3.8, 4) is 0 Å². The Morgan fingerprint density at radius 3 is 2.82 bits per heavy atom. The topological polar surface area (TPSA) is 12.0 Å². The lowest BCUT2D eigenvalue weighted by Gasteiger charge is -2.21. The molecule has 0 saturated carbocycles. The van der Waals surface area contributed by atoms with Crippen molar-refractivity contribution in [3.05, 3.63) is 66.3 Å². The third kappa shape index (κ3) is 1.69. The average molecular weight is 221 g/mol. The summed E-state index contributed by atoms with van der Waals surface area (Å²) in [5.74, 6) is 0. The molecule has 0 bridgehead atoms. The molecule has 1 aliphatic carbocycles. The van der Waals surface area contributed by atoms with Gasteiger partial charge in [0.1, 0.15) is 0 Å². The maximum Gasteiger partial charge on any atom is 0.0518 e. The van der Waals surface area contributed by atoms with Crippen LogP contribution in [-0.4, -0.2) is 6.54 Å². The summed E-state index contributed by atoms with van der Waals surface area (Å²) < 4.78 is 0. The van der Waals surface area contributed by atoms with Crippen LogP contribution in [0, 0.1) is 0 Å². The molecule has 1 aliphatic rings. The molecule has 0 amide bonds. The molecule has 0 aliphatic heterocycles. The molecule has 0 radical (unpaired) electrons. The maximum atomic E-state index is 3.75. The molecule has 2 aromatic carbocycles. The van der Waals surface area contributed by atoms with E-state index in [1.807, 2.05) is 6.08 Å². The van der Waals surface area contributed by atoms with Crippen molar-refractivity contribution in [2.45, 2.75) is 6.04 Å². The summed E-state index contributed by atoms with van der Waals surface area (Å²) in [6.07, 6.45) is 6.32. The number of hydrogen-bond acceptors (Lipinski definition) is 1. The summed E-state index contributed by atoms with van der Waals surface area (Å²) in [6, 6.07) is 13.3. The summed E-state index contributed by atoms with van der Waals surface area (Å²) in [4.78, 5) is 0. The Hall–Kier alpha value is -1.86. The van der Waals surface area contributed by atoms with Gasteiger partial charge in [-0.2, -0.15) is 0 Å². The van der Waals surface area contributed by atoms with E-state index in [4.69, 9.17) is 0 Å². The highest BCUT2D eigenvalue weighted by Crippen LogP contribution is 2.33. The predicted octanol–water partition coefficient (Wildman–Crippen LogP) is 3.68. The second-order valence-electron chi connectivity index (χ2n) is 4.33. The molecule has 0 heterocycles. The molecular formula is C16H15N. The molecule has 1 nitrogen and oxygen atoms in total. The number of benzene rings is 2. The summed E-state index contributed by atoms with van der Waals surface area (Å²) in [5.41, 5.74) is 2.68. The van der Waals surface area contributed by atoms with Crippen molar-refractivity contribution in [1.82, 2.24) is 5.32 Å². The van der Waals surface area contributed by atoms with E-state index in [0.717, 1.165) is 6.54 Å². The molecule has 1 unspecified atom stereocenters. The van der Waals surface area contributed by atoms with Crippen LogP contribution in [0.3, 0.4) is 0 Å². The smallest absolute Gasteiger partial charge is 0.0518 e. The van der Waals surface area contributed by atoms with Crippen molar-refractivity contribution in [2.24, 2.45) is 0 Å². The van der Waals surface area contributed by atoms with E-state index in [-0.39, 0.29) is 0 Å². The summed E-state index contributed by atoms with van der Waals surface area (Å²) >= 11 is 0. The van der Waals surface area contributed by atoms with E-state index in [2.05, 4.69) is 60.4 Å². The molecule has 0 aromatic heterocycles. The van der Waals surface area contributed by atoms with Gasteiger partial charge < -0.3 is 5.32 Å². The third-order valence-electron chi connectivity index (χ3n) is 3.25. The van der Waals surface area contributed by atoms with E-state index in [9.17, 15) is 0 Å². The van der Waals surface area contributed by atoms with Gasteiger partial charge in [-0.25, -0.2) is 0 Å². The van der Waals surface area contributed by atoms with E-state index >= 15 is 0 Å². The first-order valence-electron chi connectivity index (χ1n) is 5.94. The quantitative estimate of drug-likeness (QED) is 0.779. The monoisotopic (exact) mass is 221 g/mol. The number of nitrogens with one attached hydrogen (secondary N) is 1. The highest BCUT2D eigenvalue weighted by Gasteiger charge is 2.15. The zero-order valence-electron chi connectivity index (χ0n) is 9.69. The lowest BCUT2D eigenvalue weighted by Crippen LogP contribution is -2.21. The van der Waals surface area contributed by atoms with E-state index in [0.29, 0.717) is 6.04 Å². The number of hydrogen-bond donors (Lipinski definition) is 1. The fourth-order valence-corrected chi connectivity index (χ4v) is 2.49. The van der Waals surface area contributed by atoms with Crippen LogP contribution in [0.25, 0.3) is 16.8 Å². The largest absolute Gasteiger partial charge is 0.303 e. The Morgan fingerprint density at radius 2 is 2.00 bits per heavy atom. The fourth-order valence-electron chi connectivity index (χ4n) is 2.49. The molecule has 2 aromatic rings. The van der Waals surface area contributed by atoms with Crippen LogP contribution >= 0.6 is 0 Å². The van der Waals surface area contributed by atoms with Gasteiger partial charge in [-0.3, -0.25) is 0 Å². The van der Waals surface area contributed by atoms with Gasteiger partial charge in [-0.05, 0) is 21.9 Å². The van der Waals surface area contributed by atoms with Crippen molar-refractivity contribution < 1.29 is 0 Å². The van der Waals surface area contributed by atoms with Gasteiger partial charge in [0.25, 0.3) is 0 Å². The van der Waals surface area contributed by atoms with Gasteiger partial charge in [0.2, 0.25) is 0 Å². The molecule has 0 fully saturated rings. The maximum absolute atomic E-state index is 3.75. The Labute approximate surface area is 101 Å². The first-order chi connectivity index (χ1) is 8.40. The average Bonchev–Trinajstić information content (AvgIpc) is 2.39. The molecule has 3 rings (SSSR count). The molecule has 1 atom stereocenters. The number of rotatable bonds is 3. The van der Waals surface area contributed by atoms with Gasteiger partial charge in [0.15, 0.2) is 0 Å². The highest BCUT2D eigenvalue weighted by atomic mass is 14.9. The predicted molar refractivity (Wildman–Crippen MR) is 73.9 cm³/mol. The van der Waals surface area contributed by atoms with Crippen molar-refractivity contribution in [3.63, 3.8) is 0 Å². The van der Waals surface area contributed by atoms with E-state index in [1.165, 1.54) is 21.9 Å². The zero-order valence-corrected chi connectivity index (χ0v) is 9.69. The molecule has 1 N–H and O–H groups in total. The van der Waals surface area contributed by atoms with Crippen LogP contribution in [0.2, 0.25) is 0 Å². The summed E-state index contributed by atoms with van der Waals surface area (Å²) in [6.45, 7) is 4.58. The van der Waals surface area contributed by atoms with Gasteiger partial charge in [0, 0.05) is 6.54 Å². The zero-order chi connectivity index (χ0) is 11.7. The van der Waals surface area contributed by atoms with Crippen LogP contribution in [0.15, 0.2) is 55.1 Å². The highest BCUT2D eigenvalue weighted by molar-refractivity contribution is 5.95. The molecular weight excluding hydrogens is 206 g/mol. The van der Waals surface area contributed by atoms with Crippen molar-refractivity contribution in [2.75, 3.05) is 6.54 Å². The lowest BCUT2D eigenvalue weighted by atomic mass is 9.90. The molecule has 84 valence electrons. The Kier molecular flexibility index (Phi) is 2.54. The SMILES string of the molecule is C=CCNC1C=Cc2cccc3cccc1c23. The van der Waals surface area contributed by atoms with Crippen LogP contribution in [-0.2, 0) is 0 Å². The minimum Gasteiger partial charge on any atom is -0.303 e. The summed E-state index contributed by atoms with van der Waals surface area (Å²) in [5, 5.41) is 6.16. The molecule has 1 heteroatoms. The van der Waals surface area contributed by atoms with E-state index in [1.54, 1.807) is 0 Å². The van der Waals surface area contributed by atoms with Gasteiger partial charge in [-0.15, -0.1) is 6.58 Å². The van der Waals surface area contributed by atoms with Crippen LogP contribution in [0.5, 0.6) is 0 Å². The van der Waals surface area contributed by atoms with Gasteiger partial charge in [-0.1, -0.05) is 54.6 Å². The van der Waals surface area contributed by atoms with Crippen LogP contribution < -0.4 is 5.32 Å². The second kappa shape index (κ2) is 4.19. The molecule has 0 saturated heterocycles. The summed E-state index contributed by atoms with van der Waals surface area (Å²) in [7, 11) is 0. The molecule has 0 spiro atoms. The van der Waals surface area contributed by atoms with E-state index < -0.39 is 0 Å². The van der Waals surface area contributed by atoms with Crippen molar-refractivity contribution >= 4 is 16.8 Å².